The molecule has 0 aliphatic carbocycles. The fourth-order valence-corrected chi connectivity index (χ4v) is 3.10. The van der Waals surface area contributed by atoms with E-state index in [4.69, 9.17) is 23.2 Å². The molecule has 1 aliphatic rings. The number of halogens is 2. The van der Waals surface area contributed by atoms with Crippen LogP contribution in [-0.4, -0.2) is 35.6 Å². The van der Waals surface area contributed by atoms with Crippen molar-refractivity contribution in [1.82, 2.24) is 0 Å². The summed E-state index contributed by atoms with van der Waals surface area (Å²) < 4.78 is 1.81. The quantitative estimate of drug-likeness (QED) is 0.604. The van der Waals surface area contributed by atoms with E-state index in [0.717, 1.165) is 11.4 Å². The van der Waals surface area contributed by atoms with Gasteiger partial charge in [0.2, 0.25) is 11.8 Å². The molecule has 0 unspecified atom stereocenters. The molecule has 24 heavy (non-hydrogen) atoms. The Hall–Kier alpha value is -2.17. The summed E-state index contributed by atoms with van der Waals surface area (Å²) in [7, 11) is 1.85. The first-order valence-corrected chi connectivity index (χ1v) is 8.19. The Morgan fingerprint density at radius 1 is 1.08 bits per heavy atom. The van der Waals surface area contributed by atoms with Gasteiger partial charge in [0.05, 0.1) is 10.0 Å². The predicted octanol–water partition coefficient (Wildman–Crippen LogP) is 3.85. The van der Waals surface area contributed by atoms with Gasteiger partial charge in [-0.15, -0.1) is 4.68 Å². The van der Waals surface area contributed by atoms with Gasteiger partial charge in [-0.05, 0) is 24.3 Å². The Morgan fingerprint density at radius 3 is 2.33 bits per heavy atom. The van der Waals surface area contributed by atoms with Gasteiger partial charge < -0.3 is 0 Å². The minimum atomic E-state index is -0.595. The number of hydrazone groups is 1. The summed E-state index contributed by atoms with van der Waals surface area (Å²) >= 11 is 12.3. The highest BCUT2D eigenvalue weighted by atomic mass is 35.5. The van der Waals surface area contributed by atoms with Gasteiger partial charge in [0.1, 0.15) is 5.69 Å². The lowest BCUT2D eigenvalue weighted by Crippen LogP contribution is -2.35. The number of aliphatic imine (C=N–C) groups is 1. The largest absolute Gasteiger partial charge is 0.318 e. The van der Waals surface area contributed by atoms with Crippen LogP contribution in [0.2, 0.25) is 10.0 Å². The zero-order chi connectivity index (χ0) is 17.3. The summed E-state index contributed by atoms with van der Waals surface area (Å²) in [5, 5.41) is 2.62. The minimum absolute atomic E-state index is 0.111. The molecule has 0 saturated heterocycles. The van der Waals surface area contributed by atoms with E-state index in [1.807, 2.05) is 49.0 Å². The van der Waals surface area contributed by atoms with Crippen LogP contribution in [0.1, 0.15) is 12.5 Å². The third-order valence-electron chi connectivity index (χ3n) is 4.00. The molecule has 1 aliphatic heterocycles. The molecule has 0 saturated carbocycles. The highest BCUT2D eigenvalue weighted by Crippen LogP contribution is 2.24. The van der Waals surface area contributed by atoms with Gasteiger partial charge in [-0.25, -0.2) is 0 Å². The molecule has 122 valence electrons. The number of nitrogens with zero attached hydrogens (tertiary/aromatic N) is 3. The number of hydrogen-bond acceptors (Lipinski definition) is 2. The molecule has 0 fully saturated rings. The van der Waals surface area contributed by atoms with E-state index in [1.54, 1.807) is 29.4 Å². The number of carbonyl (C=O) groups is 1. The molecular formula is C18H16Cl2N3O+. The maximum Gasteiger partial charge on any atom is 0.318 e. The number of hydrazine groups is 1. The van der Waals surface area contributed by atoms with Crippen molar-refractivity contribution < 1.29 is 9.48 Å². The maximum atomic E-state index is 12.8. The summed E-state index contributed by atoms with van der Waals surface area (Å²) in [5.74, 6) is -0.111. The Balaban J connectivity index is 1.93. The van der Waals surface area contributed by atoms with Crippen LogP contribution in [0.15, 0.2) is 53.5 Å². The normalized spacial score (nSPS) is 18.1. The molecule has 1 amide bonds. The number of amides is 1. The third kappa shape index (κ3) is 2.95. The molecule has 0 N–H and O–H groups in total. The molecule has 1 atom stereocenters. The van der Waals surface area contributed by atoms with E-state index in [2.05, 4.69) is 4.99 Å². The first-order valence-electron chi connectivity index (χ1n) is 7.44. The second-order valence-corrected chi connectivity index (χ2v) is 6.28. The van der Waals surface area contributed by atoms with E-state index in [1.165, 1.54) is 0 Å². The SMILES string of the molecule is CC1=[N+](C)N(c2ccccc2)C(=O)[C@H]1N=Cc1c(Cl)cccc1Cl. The van der Waals surface area contributed by atoms with Crippen molar-refractivity contribution in [3.63, 3.8) is 0 Å². The van der Waals surface area contributed by atoms with E-state index < -0.39 is 6.04 Å². The lowest BCUT2D eigenvalue weighted by molar-refractivity contribution is -0.495. The van der Waals surface area contributed by atoms with Crippen LogP contribution in [0.25, 0.3) is 0 Å². The lowest BCUT2D eigenvalue weighted by atomic mass is 10.2. The number of rotatable bonds is 3. The minimum Gasteiger partial charge on any atom is -0.268 e. The summed E-state index contributed by atoms with van der Waals surface area (Å²) in [6, 6.07) is 14.1. The highest BCUT2D eigenvalue weighted by molar-refractivity contribution is 6.38. The molecule has 0 bridgehead atoms. The average Bonchev–Trinajstić information content (AvgIpc) is 2.78. The Kier molecular flexibility index (Phi) is 4.69. The molecule has 0 spiro atoms. The van der Waals surface area contributed by atoms with E-state index in [-0.39, 0.29) is 5.91 Å². The van der Waals surface area contributed by atoms with Gasteiger partial charge in [-0.3, -0.25) is 9.79 Å². The van der Waals surface area contributed by atoms with Crippen LogP contribution < -0.4 is 5.01 Å². The van der Waals surface area contributed by atoms with Gasteiger partial charge >= 0.3 is 5.91 Å². The first kappa shape index (κ1) is 16.7. The molecule has 4 nitrogen and oxygen atoms in total. The molecular weight excluding hydrogens is 345 g/mol. The lowest BCUT2D eigenvalue weighted by Gasteiger charge is -2.11. The van der Waals surface area contributed by atoms with E-state index in [9.17, 15) is 4.79 Å². The summed E-state index contributed by atoms with van der Waals surface area (Å²) in [6.07, 6.45) is 1.57. The highest BCUT2D eigenvalue weighted by Gasteiger charge is 2.44. The van der Waals surface area contributed by atoms with E-state index >= 15 is 0 Å². The standard InChI is InChI=1S/C18H16Cl2N3O/c1-12-17(21-11-14-15(19)9-6-10-16(14)20)18(24)23(22(12)2)13-7-4-3-5-8-13/h3-11,17H,1-2H3/q+1/t17-/m0/s1. The van der Waals surface area contributed by atoms with Crippen molar-refractivity contribution in [3.05, 3.63) is 64.1 Å². The van der Waals surface area contributed by atoms with Gasteiger partial charge in [-0.1, -0.05) is 52.5 Å². The van der Waals surface area contributed by atoms with Gasteiger partial charge in [0.25, 0.3) is 0 Å². The van der Waals surface area contributed by atoms with Crippen LogP contribution in [0.4, 0.5) is 5.69 Å². The smallest absolute Gasteiger partial charge is 0.268 e. The average molecular weight is 361 g/mol. The second kappa shape index (κ2) is 6.75. The number of anilines is 1. The van der Waals surface area contributed by atoms with Gasteiger partial charge in [0, 0.05) is 18.7 Å². The monoisotopic (exact) mass is 360 g/mol. The van der Waals surface area contributed by atoms with Crippen LogP contribution >= 0.6 is 23.2 Å². The van der Waals surface area contributed by atoms with E-state index in [0.29, 0.717) is 15.6 Å². The third-order valence-corrected chi connectivity index (χ3v) is 4.66. The van der Waals surface area contributed by atoms with Crippen LogP contribution in [0, 0.1) is 0 Å². The topological polar surface area (TPSA) is 35.7 Å². The number of para-hydroxylation sites is 1. The van der Waals surface area contributed by atoms with Crippen LogP contribution in [0.5, 0.6) is 0 Å². The predicted molar refractivity (Wildman–Crippen MR) is 98.6 cm³/mol. The van der Waals surface area contributed by atoms with Crippen LogP contribution in [0.3, 0.4) is 0 Å². The summed E-state index contributed by atoms with van der Waals surface area (Å²) in [4.78, 5) is 17.2. The molecule has 0 aromatic heterocycles. The molecule has 6 heteroatoms. The second-order valence-electron chi connectivity index (χ2n) is 5.47. The van der Waals surface area contributed by atoms with Crippen molar-refractivity contribution in [2.24, 2.45) is 4.99 Å². The fourth-order valence-electron chi connectivity index (χ4n) is 2.60. The number of benzene rings is 2. The van der Waals surface area contributed by atoms with Gasteiger partial charge in [0.15, 0.2) is 7.05 Å². The summed E-state index contributed by atoms with van der Waals surface area (Å²) in [6.45, 7) is 1.89. The fraction of sp³-hybridized carbons (Fsp3) is 0.167. The van der Waals surface area contributed by atoms with Crippen molar-refractivity contribution in [1.29, 1.82) is 0 Å². The zero-order valence-corrected chi connectivity index (χ0v) is 14.8. The molecule has 2 aromatic carbocycles. The Bertz CT molecular complexity index is 826. The molecule has 2 aromatic rings. The Morgan fingerprint density at radius 2 is 1.71 bits per heavy atom. The summed E-state index contributed by atoms with van der Waals surface area (Å²) in [5.41, 5.74) is 2.25. The zero-order valence-electron chi connectivity index (χ0n) is 13.3. The van der Waals surface area contributed by atoms with Crippen molar-refractivity contribution in [2.45, 2.75) is 13.0 Å². The number of hydrogen-bond donors (Lipinski definition) is 0. The number of carbonyl (C=O) groups excluding carboxylic acids is 1. The van der Waals surface area contributed by atoms with Crippen molar-refractivity contribution in [3.8, 4) is 0 Å². The first-order chi connectivity index (χ1) is 11.5. The maximum absolute atomic E-state index is 12.8. The van der Waals surface area contributed by atoms with Crippen LogP contribution in [-0.2, 0) is 4.79 Å². The van der Waals surface area contributed by atoms with Crippen molar-refractivity contribution in [2.75, 3.05) is 12.1 Å². The molecule has 3 rings (SSSR count). The molecule has 1 heterocycles. The van der Waals surface area contributed by atoms with Crippen molar-refractivity contribution >= 4 is 46.7 Å². The Labute approximate surface area is 150 Å². The van der Waals surface area contributed by atoms with Gasteiger partial charge in [-0.2, -0.15) is 0 Å². The molecule has 0 radical (unpaired) electrons.